The molecule has 0 aromatic carbocycles. The maximum atomic E-state index is 12.5. The maximum Gasteiger partial charge on any atom is 0.252 e. The summed E-state index contributed by atoms with van der Waals surface area (Å²) >= 11 is 1.24. The Morgan fingerprint density at radius 2 is 1.96 bits per heavy atom. The van der Waals surface area contributed by atoms with Gasteiger partial charge in [-0.2, -0.15) is 4.31 Å². The first kappa shape index (κ1) is 19.8. The van der Waals surface area contributed by atoms with Crippen molar-refractivity contribution in [1.82, 2.24) is 9.62 Å². The van der Waals surface area contributed by atoms with Crippen LogP contribution in [0, 0.1) is 5.92 Å². The van der Waals surface area contributed by atoms with Gasteiger partial charge in [-0.1, -0.05) is 6.07 Å². The highest BCUT2D eigenvalue weighted by atomic mass is 32.2. The lowest BCUT2D eigenvalue weighted by Crippen LogP contribution is -3.12. The molecular weight excluding hydrogens is 370 g/mol. The van der Waals surface area contributed by atoms with Crippen LogP contribution in [-0.4, -0.2) is 57.9 Å². The largest absolute Gasteiger partial charge is 0.356 e. The summed E-state index contributed by atoms with van der Waals surface area (Å²) in [6, 6.07) is 3.40. The number of hydrogen-bond acceptors (Lipinski definition) is 4. The number of likely N-dealkylation sites (tertiary alicyclic amines) is 1. The zero-order chi connectivity index (χ0) is 18.4. The minimum absolute atomic E-state index is 0.0629. The number of rotatable bonds is 7. The van der Waals surface area contributed by atoms with Crippen LogP contribution in [0.2, 0.25) is 0 Å². The van der Waals surface area contributed by atoms with E-state index in [9.17, 15) is 13.2 Å². The van der Waals surface area contributed by atoms with Crippen LogP contribution in [0.15, 0.2) is 21.7 Å². The van der Waals surface area contributed by atoms with Gasteiger partial charge in [0, 0.05) is 32.0 Å². The van der Waals surface area contributed by atoms with Crippen LogP contribution < -0.4 is 10.2 Å². The van der Waals surface area contributed by atoms with E-state index in [4.69, 9.17) is 0 Å². The minimum atomic E-state index is -3.38. The van der Waals surface area contributed by atoms with Crippen LogP contribution in [0.5, 0.6) is 0 Å². The van der Waals surface area contributed by atoms with Crippen LogP contribution >= 0.6 is 11.3 Å². The molecule has 1 amide bonds. The number of hydrogen-bond donors (Lipinski definition) is 2. The molecular formula is C18H30N3O3S2+. The van der Waals surface area contributed by atoms with Gasteiger partial charge in [0.25, 0.3) is 10.0 Å². The van der Waals surface area contributed by atoms with Crippen molar-refractivity contribution in [3.8, 4) is 0 Å². The first-order valence-electron chi connectivity index (χ1n) is 9.72. The number of carbonyl (C=O) groups is 1. The van der Waals surface area contributed by atoms with Crippen molar-refractivity contribution in [2.45, 2.75) is 42.7 Å². The number of sulfonamides is 1. The SMILES string of the molecule is O=C(NCCC[NH+]1CCCCC1)C1CCN(S(=O)(=O)c2cccs2)CC1. The lowest BCUT2D eigenvalue weighted by atomic mass is 9.97. The Morgan fingerprint density at radius 3 is 2.62 bits per heavy atom. The monoisotopic (exact) mass is 400 g/mol. The first-order chi connectivity index (χ1) is 12.6. The number of nitrogens with one attached hydrogen (secondary N) is 2. The van der Waals surface area contributed by atoms with E-state index in [1.165, 1.54) is 48.0 Å². The predicted molar refractivity (Wildman–Crippen MR) is 103 cm³/mol. The first-order valence-corrected chi connectivity index (χ1v) is 12.0. The average molecular weight is 401 g/mol. The Bertz CT molecular complexity index is 662. The number of quaternary nitrogens is 1. The fourth-order valence-electron chi connectivity index (χ4n) is 3.89. The third-order valence-corrected chi connectivity index (χ3v) is 8.75. The van der Waals surface area contributed by atoms with Gasteiger partial charge in [-0.05, 0) is 43.6 Å². The van der Waals surface area contributed by atoms with E-state index in [0.29, 0.717) is 30.1 Å². The predicted octanol–water partition coefficient (Wildman–Crippen LogP) is 0.724. The Morgan fingerprint density at radius 1 is 1.23 bits per heavy atom. The minimum Gasteiger partial charge on any atom is -0.356 e. The molecule has 3 rings (SSSR count). The standard InChI is InChI=1S/C18H29N3O3S2/c22-18(19-9-5-12-20-10-2-1-3-11-20)16-7-13-21(14-8-16)26(23,24)17-6-4-15-25-17/h4,6,15-16H,1-3,5,7-14H2,(H,19,22)/p+1. The molecule has 0 aliphatic carbocycles. The number of piperidine rings is 2. The quantitative estimate of drug-likeness (QED) is 0.663. The molecule has 2 aliphatic heterocycles. The molecule has 0 spiro atoms. The highest BCUT2D eigenvalue weighted by Gasteiger charge is 2.32. The third kappa shape index (κ3) is 5.06. The lowest BCUT2D eigenvalue weighted by Gasteiger charge is -2.30. The van der Waals surface area contributed by atoms with Crippen LogP contribution in [0.25, 0.3) is 0 Å². The maximum absolute atomic E-state index is 12.5. The molecule has 8 heteroatoms. The van der Waals surface area contributed by atoms with Crippen LogP contribution in [0.4, 0.5) is 0 Å². The molecule has 0 radical (unpaired) electrons. The second-order valence-electron chi connectivity index (χ2n) is 7.32. The molecule has 1 aromatic rings. The Labute approximate surface area is 160 Å². The summed E-state index contributed by atoms with van der Waals surface area (Å²) in [5, 5.41) is 4.83. The van der Waals surface area contributed by atoms with Gasteiger partial charge >= 0.3 is 0 Å². The van der Waals surface area contributed by atoms with E-state index in [1.807, 2.05) is 0 Å². The fraction of sp³-hybridized carbons (Fsp3) is 0.722. The van der Waals surface area contributed by atoms with Crippen molar-refractivity contribution < 1.29 is 18.1 Å². The number of carbonyl (C=O) groups excluding carboxylic acids is 1. The van der Waals surface area contributed by atoms with Gasteiger partial charge in [-0.3, -0.25) is 4.79 Å². The topological polar surface area (TPSA) is 70.9 Å². The fourth-order valence-corrected chi connectivity index (χ4v) is 6.51. The average Bonchev–Trinajstić information content (AvgIpc) is 3.22. The van der Waals surface area contributed by atoms with Gasteiger partial charge in [0.05, 0.1) is 19.6 Å². The van der Waals surface area contributed by atoms with Crippen molar-refractivity contribution in [2.75, 3.05) is 39.3 Å². The molecule has 2 fully saturated rings. The van der Waals surface area contributed by atoms with Gasteiger partial charge in [-0.25, -0.2) is 8.42 Å². The van der Waals surface area contributed by atoms with Crippen molar-refractivity contribution in [1.29, 1.82) is 0 Å². The molecule has 0 bridgehead atoms. The summed E-state index contributed by atoms with van der Waals surface area (Å²) in [7, 11) is -3.38. The highest BCUT2D eigenvalue weighted by molar-refractivity contribution is 7.91. The summed E-state index contributed by atoms with van der Waals surface area (Å²) in [5.41, 5.74) is 0. The van der Waals surface area contributed by atoms with Crippen molar-refractivity contribution in [3.63, 3.8) is 0 Å². The Hall–Kier alpha value is -0.960. The summed E-state index contributed by atoms with van der Waals surface area (Å²) in [4.78, 5) is 14.0. The van der Waals surface area contributed by atoms with Gasteiger partial charge in [0.1, 0.15) is 4.21 Å². The smallest absolute Gasteiger partial charge is 0.252 e. The molecule has 2 N–H and O–H groups in total. The lowest BCUT2D eigenvalue weighted by molar-refractivity contribution is -0.904. The third-order valence-electron chi connectivity index (χ3n) is 5.48. The molecule has 0 saturated carbocycles. The van der Waals surface area contributed by atoms with E-state index in [-0.39, 0.29) is 11.8 Å². The molecule has 26 heavy (non-hydrogen) atoms. The normalized spacial score (nSPS) is 20.9. The molecule has 3 heterocycles. The van der Waals surface area contributed by atoms with E-state index in [2.05, 4.69) is 5.32 Å². The van der Waals surface area contributed by atoms with Crippen LogP contribution in [0.3, 0.4) is 0 Å². The van der Waals surface area contributed by atoms with Crippen LogP contribution in [-0.2, 0) is 14.8 Å². The summed E-state index contributed by atoms with van der Waals surface area (Å²) in [5.74, 6) is 0.0268. The molecule has 1 aromatic heterocycles. The van der Waals surface area contributed by atoms with E-state index >= 15 is 0 Å². The van der Waals surface area contributed by atoms with Crippen molar-refractivity contribution in [2.24, 2.45) is 5.92 Å². The van der Waals surface area contributed by atoms with Gasteiger partial charge in [0.2, 0.25) is 5.91 Å². The van der Waals surface area contributed by atoms with E-state index in [0.717, 1.165) is 19.5 Å². The van der Waals surface area contributed by atoms with Gasteiger partial charge in [-0.15, -0.1) is 11.3 Å². The van der Waals surface area contributed by atoms with Crippen molar-refractivity contribution in [3.05, 3.63) is 17.5 Å². The second kappa shape index (κ2) is 9.30. The molecule has 6 nitrogen and oxygen atoms in total. The van der Waals surface area contributed by atoms with Gasteiger partial charge in [0.15, 0.2) is 0 Å². The zero-order valence-corrected chi connectivity index (χ0v) is 16.9. The molecule has 0 unspecified atom stereocenters. The number of thiophene rings is 1. The summed E-state index contributed by atoms with van der Waals surface area (Å²) in [6.07, 6.45) is 6.25. The molecule has 2 aliphatic rings. The van der Waals surface area contributed by atoms with Gasteiger partial charge < -0.3 is 10.2 Å². The van der Waals surface area contributed by atoms with Crippen molar-refractivity contribution >= 4 is 27.3 Å². The zero-order valence-electron chi connectivity index (χ0n) is 15.3. The van der Waals surface area contributed by atoms with Crippen LogP contribution in [0.1, 0.15) is 38.5 Å². The summed E-state index contributed by atoms with van der Waals surface area (Å²) < 4.78 is 26.9. The van der Waals surface area contributed by atoms with E-state index < -0.39 is 10.0 Å². The highest BCUT2D eigenvalue weighted by Crippen LogP contribution is 2.26. The molecule has 0 atom stereocenters. The Balaban J connectivity index is 1.37. The molecule has 146 valence electrons. The Kier molecular flexibility index (Phi) is 7.08. The summed E-state index contributed by atoms with van der Waals surface area (Å²) in [6.45, 7) is 5.26. The van der Waals surface area contributed by atoms with E-state index in [1.54, 1.807) is 22.4 Å². The second-order valence-corrected chi connectivity index (χ2v) is 10.4. The number of amides is 1. The number of nitrogens with zero attached hydrogens (tertiary/aromatic N) is 1. The molecule has 2 saturated heterocycles.